The van der Waals surface area contributed by atoms with Crippen LogP contribution in [0.3, 0.4) is 0 Å². The number of methoxy groups -OCH3 is 1. The number of hydrogen-bond donors (Lipinski definition) is 1. The van der Waals surface area contributed by atoms with Crippen LogP contribution in [-0.2, 0) is 35.1 Å². The molecule has 0 aliphatic carbocycles. The fourth-order valence-corrected chi connectivity index (χ4v) is 7.28. The second kappa shape index (κ2) is 17.3. The van der Waals surface area contributed by atoms with E-state index < -0.39 is 41.4 Å². The lowest BCUT2D eigenvalue weighted by molar-refractivity contribution is -0.295. The third kappa shape index (κ3) is 10.7. The Morgan fingerprint density at radius 1 is 1.06 bits per heavy atom. The van der Waals surface area contributed by atoms with Gasteiger partial charge in [0.05, 0.1) is 24.4 Å². The number of halogens is 1. The quantitative estimate of drug-likeness (QED) is 0.341. The topological polar surface area (TPSA) is 101 Å². The van der Waals surface area contributed by atoms with E-state index in [2.05, 4.69) is 23.8 Å². The SMILES string of the molecule is CO[C@]1(C)C[C@@H](C)CN(C)CCN(Cc2ccc(Cl)cc2)CCCOC(=O)C(C)(C)C(=O)[C@H](C)[C@H]1O[C@@H]1O[C@H](C)C[C@H](N(C)C)[C@H]1O. The van der Waals surface area contributed by atoms with Crippen LogP contribution in [-0.4, -0.2) is 129 Å². The molecular weight excluding hydrogens is 622 g/mol. The molecule has 0 aromatic heterocycles. The van der Waals surface area contributed by atoms with Crippen LogP contribution in [0.25, 0.3) is 0 Å². The molecule has 1 aromatic carbocycles. The van der Waals surface area contributed by atoms with Crippen molar-refractivity contribution in [1.29, 1.82) is 0 Å². The van der Waals surface area contributed by atoms with Crippen LogP contribution in [0.15, 0.2) is 24.3 Å². The van der Waals surface area contributed by atoms with E-state index in [1.807, 2.05) is 57.1 Å². The van der Waals surface area contributed by atoms with Gasteiger partial charge in [0.15, 0.2) is 12.1 Å². The highest BCUT2D eigenvalue weighted by atomic mass is 35.5. The molecule has 11 heteroatoms. The number of nitrogens with zero attached hydrogens (tertiary/aromatic N) is 3. The van der Waals surface area contributed by atoms with Crippen molar-refractivity contribution in [2.24, 2.45) is 17.3 Å². The number of aliphatic hydroxyl groups excluding tert-OH is 1. The summed E-state index contributed by atoms with van der Waals surface area (Å²) in [5.41, 5.74) is -1.21. The van der Waals surface area contributed by atoms with Crippen molar-refractivity contribution in [1.82, 2.24) is 14.7 Å². The average molecular weight is 682 g/mol. The lowest BCUT2D eigenvalue weighted by Crippen LogP contribution is -2.59. The standard InChI is InChI=1S/C36H60ClN3O7/c1-24-21-36(6,44-10)32(47-33-30(41)29(38(7)8)20-25(2)46-33)26(3)31(42)35(4,5)34(43)45-19-11-16-40(18-17-39(9)22-24)23-27-12-14-28(37)15-13-27/h12-15,24-26,29-30,32-33,41H,11,16-23H2,1-10H3/t24-,25-,26+,29+,30-,32-,33+,36-/m1/s1. The van der Waals surface area contributed by atoms with Crippen molar-refractivity contribution >= 4 is 23.4 Å². The van der Waals surface area contributed by atoms with Crippen LogP contribution >= 0.6 is 11.6 Å². The molecule has 2 fully saturated rings. The molecule has 0 spiro atoms. The van der Waals surface area contributed by atoms with Crippen molar-refractivity contribution in [3.8, 4) is 0 Å². The molecule has 8 atom stereocenters. The van der Waals surface area contributed by atoms with Gasteiger partial charge in [-0.2, -0.15) is 0 Å². The normalized spacial score (nSPS) is 34.6. The highest BCUT2D eigenvalue weighted by Crippen LogP contribution is 2.38. The number of benzene rings is 1. The fourth-order valence-electron chi connectivity index (χ4n) is 7.16. The van der Waals surface area contributed by atoms with Gasteiger partial charge in [-0.05, 0) is 91.7 Å². The molecule has 10 nitrogen and oxygen atoms in total. The van der Waals surface area contributed by atoms with Gasteiger partial charge in [-0.25, -0.2) is 0 Å². The van der Waals surface area contributed by atoms with Crippen molar-refractivity contribution < 1.29 is 33.6 Å². The number of hydrogen-bond acceptors (Lipinski definition) is 10. The van der Waals surface area contributed by atoms with E-state index in [1.165, 1.54) is 0 Å². The number of esters is 1. The smallest absolute Gasteiger partial charge is 0.319 e. The van der Waals surface area contributed by atoms with Crippen LogP contribution in [0.1, 0.15) is 66.4 Å². The molecule has 0 unspecified atom stereocenters. The van der Waals surface area contributed by atoms with Crippen LogP contribution in [0.2, 0.25) is 5.02 Å². The molecule has 0 bridgehead atoms. The molecule has 0 saturated carbocycles. The summed E-state index contributed by atoms with van der Waals surface area (Å²) in [7, 11) is 7.59. The molecule has 3 rings (SSSR count). The Hall–Kier alpha value is -1.63. The molecule has 2 heterocycles. The zero-order chi connectivity index (χ0) is 35.1. The summed E-state index contributed by atoms with van der Waals surface area (Å²) in [6.07, 6.45) is -1.05. The van der Waals surface area contributed by atoms with E-state index in [4.69, 9.17) is 30.5 Å². The molecule has 47 heavy (non-hydrogen) atoms. The van der Waals surface area contributed by atoms with Gasteiger partial charge in [0, 0.05) is 56.8 Å². The van der Waals surface area contributed by atoms with Crippen LogP contribution in [0.5, 0.6) is 0 Å². The van der Waals surface area contributed by atoms with Gasteiger partial charge in [-0.15, -0.1) is 0 Å². The van der Waals surface area contributed by atoms with E-state index in [0.29, 0.717) is 24.3 Å². The Morgan fingerprint density at radius 3 is 2.34 bits per heavy atom. The number of likely N-dealkylation sites (N-methyl/N-ethyl adjacent to an activating group) is 2. The predicted octanol–water partition coefficient (Wildman–Crippen LogP) is 4.49. The number of ether oxygens (including phenoxy) is 4. The van der Waals surface area contributed by atoms with Gasteiger partial charge in [-0.3, -0.25) is 14.5 Å². The van der Waals surface area contributed by atoms with Crippen molar-refractivity contribution in [2.45, 2.75) is 104 Å². The number of ketones is 1. The van der Waals surface area contributed by atoms with E-state index >= 15 is 0 Å². The Balaban J connectivity index is 1.92. The maximum atomic E-state index is 14.2. The highest BCUT2D eigenvalue weighted by molar-refractivity contribution is 6.30. The van der Waals surface area contributed by atoms with Gasteiger partial charge in [0.25, 0.3) is 0 Å². The summed E-state index contributed by atoms with van der Waals surface area (Å²) < 4.78 is 24.8. The molecule has 2 aliphatic heterocycles. The Bertz CT molecular complexity index is 1150. The van der Waals surface area contributed by atoms with Gasteiger partial charge in [-0.1, -0.05) is 37.6 Å². The minimum absolute atomic E-state index is 0.163. The van der Waals surface area contributed by atoms with E-state index in [-0.39, 0.29) is 30.5 Å². The molecular formula is C36H60ClN3O7. The summed E-state index contributed by atoms with van der Waals surface area (Å²) in [5.74, 6) is -1.48. The fraction of sp³-hybridized carbons (Fsp3) is 0.778. The minimum atomic E-state index is -1.43. The van der Waals surface area contributed by atoms with Crippen molar-refractivity contribution in [3.63, 3.8) is 0 Å². The Labute approximate surface area is 288 Å². The number of cyclic esters (lactones) is 1. The van der Waals surface area contributed by atoms with Crippen LogP contribution in [0.4, 0.5) is 0 Å². The zero-order valence-electron chi connectivity index (χ0n) is 30.3. The van der Waals surface area contributed by atoms with Crippen LogP contribution in [0, 0.1) is 17.3 Å². The minimum Gasteiger partial charge on any atom is -0.465 e. The van der Waals surface area contributed by atoms with E-state index in [9.17, 15) is 14.7 Å². The van der Waals surface area contributed by atoms with Crippen molar-refractivity contribution in [3.05, 3.63) is 34.9 Å². The molecule has 0 radical (unpaired) electrons. The second-order valence-electron chi connectivity index (χ2n) is 14.9. The Morgan fingerprint density at radius 2 is 1.72 bits per heavy atom. The van der Waals surface area contributed by atoms with E-state index in [0.717, 1.165) is 38.3 Å². The predicted molar refractivity (Wildman–Crippen MR) is 184 cm³/mol. The molecule has 0 amide bonds. The van der Waals surface area contributed by atoms with Gasteiger partial charge in [0.2, 0.25) is 0 Å². The van der Waals surface area contributed by atoms with Gasteiger partial charge < -0.3 is 33.9 Å². The second-order valence-corrected chi connectivity index (χ2v) is 15.3. The number of rotatable bonds is 6. The lowest BCUT2D eigenvalue weighted by Gasteiger charge is -2.47. The highest BCUT2D eigenvalue weighted by Gasteiger charge is 2.51. The summed E-state index contributed by atoms with van der Waals surface area (Å²) in [4.78, 5) is 34.3. The maximum Gasteiger partial charge on any atom is 0.319 e. The molecule has 268 valence electrons. The zero-order valence-corrected chi connectivity index (χ0v) is 31.1. The first-order valence-electron chi connectivity index (χ1n) is 17.1. The number of carbonyl (C=O) groups excluding carboxylic acids is 2. The molecule has 1 N–H and O–H groups in total. The van der Waals surface area contributed by atoms with Crippen LogP contribution < -0.4 is 0 Å². The number of aliphatic hydroxyl groups is 1. The largest absolute Gasteiger partial charge is 0.465 e. The average Bonchev–Trinajstić information content (AvgIpc) is 3.01. The van der Waals surface area contributed by atoms with Gasteiger partial charge >= 0.3 is 5.97 Å². The third-order valence-electron chi connectivity index (χ3n) is 9.97. The first-order chi connectivity index (χ1) is 22.0. The Kier molecular flexibility index (Phi) is 14.7. The summed E-state index contributed by atoms with van der Waals surface area (Å²) >= 11 is 6.12. The van der Waals surface area contributed by atoms with E-state index in [1.54, 1.807) is 27.9 Å². The monoisotopic (exact) mass is 681 g/mol. The number of Topliss-reactive ketones (excluding diaryl/α,β-unsaturated/α-hetero) is 1. The van der Waals surface area contributed by atoms with Crippen molar-refractivity contribution in [2.75, 3.05) is 61.0 Å². The first-order valence-corrected chi connectivity index (χ1v) is 17.4. The molecule has 1 aromatic rings. The first kappa shape index (κ1) is 39.8. The summed E-state index contributed by atoms with van der Waals surface area (Å²) in [6, 6.07) is 7.69. The lowest BCUT2D eigenvalue weighted by atomic mass is 9.74. The van der Waals surface area contributed by atoms with Gasteiger partial charge in [0.1, 0.15) is 11.5 Å². The number of carbonyl (C=O) groups is 2. The molecule has 2 aliphatic rings. The third-order valence-corrected chi connectivity index (χ3v) is 10.2. The molecule has 2 saturated heterocycles. The summed E-state index contributed by atoms with van der Waals surface area (Å²) in [6.45, 7) is 15.3. The summed E-state index contributed by atoms with van der Waals surface area (Å²) in [5, 5.41) is 12.1. The maximum absolute atomic E-state index is 14.2.